The summed E-state index contributed by atoms with van der Waals surface area (Å²) in [7, 11) is 0. The summed E-state index contributed by atoms with van der Waals surface area (Å²) in [4.78, 5) is 27.7. The van der Waals surface area contributed by atoms with Gasteiger partial charge in [0.05, 0.1) is 19.5 Å². The maximum absolute atomic E-state index is 11.1. The van der Waals surface area contributed by atoms with Gasteiger partial charge >= 0.3 is 0 Å². The van der Waals surface area contributed by atoms with Crippen LogP contribution in [0.3, 0.4) is 0 Å². The molecule has 4 rings (SSSR count). The summed E-state index contributed by atoms with van der Waals surface area (Å²) in [6, 6.07) is 7.57. The van der Waals surface area contributed by atoms with E-state index in [4.69, 9.17) is 25.6 Å². The monoisotopic (exact) mass is 439 g/mol. The highest BCUT2D eigenvalue weighted by Crippen LogP contribution is 2.28. The number of amides is 1. The fourth-order valence-electron chi connectivity index (χ4n) is 3.83. The number of imidazole rings is 1. The van der Waals surface area contributed by atoms with Crippen LogP contribution < -0.4 is 16.1 Å². The Bertz CT molecular complexity index is 1050. The predicted molar refractivity (Wildman–Crippen MR) is 121 cm³/mol. The molecule has 3 aromatic rings. The van der Waals surface area contributed by atoms with Crippen LogP contribution in [0, 0.1) is 0 Å². The number of ether oxygens (including phenoxy) is 1. The summed E-state index contributed by atoms with van der Waals surface area (Å²) in [6.07, 6.45) is 5.76. The van der Waals surface area contributed by atoms with Crippen LogP contribution in [0.25, 0.3) is 22.6 Å². The van der Waals surface area contributed by atoms with Crippen molar-refractivity contribution in [2.24, 2.45) is 0 Å². The van der Waals surface area contributed by atoms with Crippen molar-refractivity contribution in [2.45, 2.75) is 38.6 Å². The first-order valence-corrected chi connectivity index (χ1v) is 11.0. The molecule has 10 heteroatoms. The predicted octanol–water partition coefficient (Wildman–Crippen LogP) is 2.37. The number of nitrogens with one attached hydrogen (secondary N) is 1. The maximum Gasteiger partial charge on any atom is 0.243 e. The Morgan fingerprint density at radius 3 is 2.59 bits per heavy atom. The number of hydrogen-bond donors (Lipinski definition) is 3. The average Bonchev–Trinajstić information content (AvgIpc) is 3.24. The van der Waals surface area contributed by atoms with Crippen molar-refractivity contribution >= 4 is 28.6 Å². The Hall–Kier alpha value is -3.24. The highest BCUT2D eigenvalue weighted by Gasteiger charge is 2.21. The fraction of sp³-hybridized carbons (Fsp3) is 0.455. The van der Waals surface area contributed by atoms with Gasteiger partial charge in [-0.25, -0.2) is 20.4 Å². The summed E-state index contributed by atoms with van der Waals surface area (Å²) in [5, 5.41) is 8.56. The maximum atomic E-state index is 11.1. The zero-order valence-electron chi connectivity index (χ0n) is 18.0. The van der Waals surface area contributed by atoms with Crippen molar-refractivity contribution in [3.63, 3.8) is 0 Å². The molecular weight excluding hydrogens is 410 g/mol. The summed E-state index contributed by atoms with van der Waals surface area (Å²) in [5.74, 6) is 1.14. The van der Waals surface area contributed by atoms with Crippen LogP contribution in [0.1, 0.15) is 32.1 Å². The standard InChI is InChI=1S/C22H29N7O3/c23-17-8-6-16(7-9-17)20-25-21(28-11-13-32-14-12-28)19-22(26-20)29(15-24-19)10-4-2-1-3-5-18(30)27-31/h6-9,15,31H,1-5,10-14,23H2,(H,27,30). The first-order chi connectivity index (χ1) is 15.7. The molecule has 1 aliphatic heterocycles. The van der Waals surface area contributed by atoms with Crippen LogP contribution in [0.4, 0.5) is 11.5 Å². The molecule has 170 valence electrons. The average molecular weight is 440 g/mol. The third-order valence-electron chi connectivity index (χ3n) is 5.60. The van der Waals surface area contributed by atoms with E-state index in [-0.39, 0.29) is 5.91 Å². The van der Waals surface area contributed by atoms with Crippen molar-refractivity contribution < 1.29 is 14.7 Å². The smallest absolute Gasteiger partial charge is 0.243 e. The van der Waals surface area contributed by atoms with Gasteiger partial charge in [0, 0.05) is 37.3 Å². The van der Waals surface area contributed by atoms with Gasteiger partial charge < -0.3 is 19.9 Å². The van der Waals surface area contributed by atoms with Crippen LogP contribution in [-0.4, -0.2) is 56.9 Å². The van der Waals surface area contributed by atoms with Crippen molar-refractivity contribution in [1.29, 1.82) is 0 Å². The zero-order valence-corrected chi connectivity index (χ0v) is 18.0. The van der Waals surface area contributed by atoms with Gasteiger partial charge in [-0.1, -0.05) is 12.8 Å². The first-order valence-electron chi connectivity index (χ1n) is 11.0. The fourth-order valence-corrected chi connectivity index (χ4v) is 3.83. The molecule has 32 heavy (non-hydrogen) atoms. The minimum Gasteiger partial charge on any atom is -0.399 e. The van der Waals surface area contributed by atoms with Crippen molar-refractivity contribution in [2.75, 3.05) is 36.9 Å². The summed E-state index contributed by atoms with van der Waals surface area (Å²) >= 11 is 0. The third kappa shape index (κ3) is 5.14. The number of benzene rings is 1. The molecule has 0 radical (unpaired) electrons. The Morgan fingerprint density at radius 1 is 1.09 bits per heavy atom. The second-order valence-electron chi connectivity index (χ2n) is 7.90. The molecule has 0 spiro atoms. The Kier molecular flexibility index (Phi) is 7.13. The quantitative estimate of drug-likeness (QED) is 0.200. The second kappa shape index (κ2) is 10.4. The summed E-state index contributed by atoms with van der Waals surface area (Å²) in [6.45, 7) is 3.64. The lowest BCUT2D eigenvalue weighted by Gasteiger charge is -2.28. The number of rotatable bonds is 9. The number of carbonyl (C=O) groups excluding carboxylic acids is 1. The van der Waals surface area contributed by atoms with E-state index in [1.807, 2.05) is 30.6 Å². The van der Waals surface area contributed by atoms with Crippen LogP contribution in [0.2, 0.25) is 0 Å². The third-order valence-corrected chi connectivity index (χ3v) is 5.60. The number of fused-ring (bicyclic) bond motifs is 1. The van der Waals surface area contributed by atoms with E-state index < -0.39 is 0 Å². The molecule has 0 saturated carbocycles. The SMILES string of the molecule is Nc1ccc(-c2nc(N3CCOCC3)c3ncn(CCCCCCC(=O)NO)c3n2)cc1. The van der Waals surface area contributed by atoms with E-state index in [1.165, 1.54) is 0 Å². The van der Waals surface area contributed by atoms with Gasteiger partial charge in [0.15, 0.2) is 22.8 Å². The van der Waals surface area contributed by atoms with Crippen LogP contribution in [0.15, 0.2) is 30.6 Å². The number of hydroxylamine groups is 1. The molecule has 4 N–H and O–H groups in total. The molecule has 1 amide bonds. The van der Waals surface area contributed by atoms with Crippen LogP contribution in [-0.2, 0) is 16.1 Å². The van der Waals surface area contributed by atoms with Crippen molar-refractivity contribution in [3.05, 3.63) is 30.6 Å². The van der Waals surface area contributed by atoms with E-state index in [1.54, 1.807) is 5.48 Å². The number of nitrogen functional groups attached to an aromatic ring is 1. The molecule has 0 atom stereocenters. The molecule has 0 aliphatic carbocycles. The van der Waals surface area contributed by atoms with E-state index in [9.17, 15) is 4.79 Å². The van der Waals surface area contributed by atoms with E-state index in [2.05, 4.69) is 14.5 Å². The van der Waals surface area contributed by atoms with Crippen LogP contribution in [0.5, 0.6) is 0 Å². The topological polar surface area (TPSA) is 131 Å². The minimum absolute atomic E-state index is 0.339. The van der Waals surface area contributed by atoms with Crippen molar-refractivity contribution in [3.8, 4) is 11.4 Å². The van der Waals surface area contributed by atoms with Gasteiger partial charge in [0.25, 0.3) is 0 Å². The number of hydrogen-bond acceptors (Lipinski definition) is 8. The summed E-state index contributed by atoms with van der Waals surface area (Å²) < 4.78 is 7.58. The van der Waals surface area contributed by atoms with E-state index in [0.29, 0.717) is 31.1 Å². The number of morpholine rings is 1. The molecule has 1 saturated heterocycles. The molecule has 3 heterocycles. The molecular formula is C22H29N7O3. The first kappa shape index (κ1) is 22.0. The number of aryl methyl sites for hydroxylation is 1. The largest absolute Gasteiger partial charge is 0.399 e. The molecule has 0 bridgehead atoms. The Balaban J connectivity index is 1.55. The number of unbranched alkanes of at least 4 members (excludes halogenated alkanes) is 3. The van der Waals surface area contributed by atoms with Gasteiger partial charge in [-0.3, -0.25) is 10.0 Å². The number of nitrogens with zero attached hydrogens (tertiary/aromatic N) is 5. The Morgan fingerprint density at radius 2 is 1.84 bits per heavy atom. The van der Waals surface area contributed by atoms with Gasteiger partial charge in [0.2, 0.25) is 5.91 Å². The van der Waals surface area contributed by atoms with Gasteiger partial charge in [-0.2, -0.15) is 0 Å². The number of carbonyl (C=O) groups is 1. The molecule has 2 aromatic heterocycles. The second-order valence-corrected chi connectivity index (χ2v) is 7.90. The highest BCUT2D eigenvalue weighted by atomic mass is 16.5. The minimum atomic E-state index is -0.340. The molecule has 1 aliphatic rings. The number of nitrogens with two attached hydrogens (primary N) is 1. The lowest BCUT2D eigenvalue weighted by Crippen LogP contribution is -2.37. The van der Waals surface area contributed by atoms with Gasteiger partial charge in [-0.05, 0) is 37.1 Å². The molecule has 10 nitrogen and oxygen atoms in total. The molecule has 1 aromatic carbocycles. The summed E-state index contributed by atoms with van der Waals surface area (Å²) in [5.41, 5.74) is 10.7. The van der Waals surface area contributed by atoms with E-state index in [0.717, 1.165) is 67.9 Å². The van der Waals surface area contributed by atoms with Crippen LogP contribution >= 0.6 is 0 Å². The van der Waals surface area contributed by atoms with Gasteiger partial charge in [0.1, 0.15) is 0 Å². The Labute approximate surface area is 186 Å². The number of aromatic nitrogens is 4. The lowest BCUT2D eigenvalue weighted by atomic mass is 10.1. The normalized spacial score (nSPS) is 14.1. The number of anilines is 2. The molecule has 1 fully saturated rings. The molecule has 0 unspecified atom stereocenters. The highest BCUT2D eigenvalue weighted by molar-refractivity contribution is 5.86. The van der Waals surface area contributed by atoms with Crippen molar-refractivity contribution in [1.82, 2.24) is 25.0 Å². The van der Waals surface area contributed by atoms with Gasteiger partial charge in [-0.15, -0.1) is 0 Å². The zero-order chi connectivity index (χ0) is 22.3. The lowest BCUT2D eigenvalue weighted by molar-refractivity contribution is -0.129. The van der Waals surface area contributed by atoms with E-state index >= 15 is 0 Å².